The van der Waals surface area contributed by atoms with Gasteiger partial charge in [0.25, 0.3) is 0 Å². The standard InChI is InChI=1S/C10H3F8O3/c11-4-2-1-3-5(6(4)12)21-7(19)8(20,9(13,14)15)10(16,17)18/h1-3H/q-1. The fourth-order valence-electron chi connectivity index (χ4n) is 1.13. The molecule has 0 saturated carbocycles. The maximum Gasteiger partial charge on any atom is 0.399 e. The van der Waals surface area contributed by atoms with Crippen molar-refractivity contribution in [2.24, 2.45) is 0 Å². The molecular weight excluding hydrogens is 320 g/mol. The summed E-state index contributed by atoms with van der Waals surface area (Å²) in [5.41, 5.74) is -6.13. The van der Waals surface area contributed by atoms with E-state index in [-0.39, 0.29) is 0 Å². The predicted molar refractivity (Wildman–Crippen MR) is 46.8 cm³/mol. The van der Waals surface area contributed by atoms with Gasteiger partial charge in [0.15, 0.2) is 17.2 Å². The molecule has 1 aromatic rings. The Hall–Kier alpha value is -1.91. The van der Waals surface area contributed by atoms with E-state index >= 15 is 0 Å². The Morgan fingerprint density at radius 2 is 1.48 bits per heavy atom. The second-order valence-electron chi connectivity index (χ2n) is 3.62. The summed E-state index contributed by atoms with van der Waals surface area (Å²) in [6, 6.07) is 1.49. The number of rotatable bonds is 2. The molecule has 0 atom stereocenters. The molecule has 1 rings (SSSR count). The van der Waals surface area contributed by atoms with E-state index in [1.807, 2.05) is 0 Å². The number of hydrogen-bond donors (Lipinski definition) is 0. The zero-order valence-electron chi connectivity index (χ0n) is 9.48. The van der Waals surface area contributed by atoms with Gasteiger partial charge < -0.3 is 9.84 Å². The number of hydrogen-bond acceptors (Lipinski definition) is 3. The summed E-state index contributed by atoms with van der Waals surface area (Å²) in [6.45, 7) is 0. The van der Waals surface area contributed by atoms with Gasteiger partial charge in [-0.3, -0.25) is 4.79 Å². The van der Waals surface area contributed by atoms with Crippen LogP contribution in [0.1, 0.15) is 0 Å². The molecule has 0 radical (unpaired) electrons. The topological polar surface area (TPSA) is 49.4 Å². The summed E-state index contributed by atoms with van der Waals surface area (Å²) in [4.78, 5) is 10.9. The van der Waals surface area contributed by atoms with E-state index in [1.165, 1.54) is 0 Å². The van der Waals surface area contributed by atoms with Crippen LogP contribution in [0.2, 0.25) is 0 Å². The van der Waals surface area contributed by atoms with Gasteiger partial charge >= 0.3 is 18.3 Å². The lowest BCUT2D eigenvalue weighted by Crippen LogP contribution is -2.72. The van der Waals surface area contributed by atoms with Crippen LogP contribution in [0.4, 0.5) is 35.1 Å². The first-order chi connectivity index (χ1) is 9.32. The van der Waals surface area contributed by atoms with Crippen LogP contribution >= 0.6 is 0 Å². The van der Waals surface area contributed by atoms with Crippen molar-refractivity contribution in [1.29, 1.82) is 0 Å². The molecule has 0 saturated heterocycles. The van der Waals surface area contributed by atoms with Crippen LogP contribution in [-0.2, 0) is 4.79 Å². The molecule has 0 spiro atoms. The molecule has 118 valence electrons. The monoisotopic (exact) mass is 323 g/mol. The Balaban J connectivity index is 3.24. The highest BCUT2D eigenvalue weighted by molar-refractivity contribution is 5.83. The van der Waals surface area contributed by atoms with Crippen molar-refractivity contribution in [3.63, 3.8) is 0 Å². The molecule has 21 heavy (non-hydrogen) atoms. The first-order valence-electron chi connectivity index (χ1n) is 4.82. The average molecular weight is 323 g/mol. The quantitative estimate of drug-likeness (QED) is 0.476. The maximum atomic E-state index is 13.0. The Morgan fingerprint density at radius 1 is 1.00 bits per heavy atom. The number of benzene rings is 1. The number of carbonyl (C=O) groups excluding carboxylic acids is 1. The second-order valence-corrected chi connectivity index (χ2v) is 3.62. The van der Waals surface area contributed by atoms with Gasteiger partial charge in [-0.25, -0.2) is 4.39 Å². The maximum absolute atomic E-state index is 13.0. The summed E-state index contributed by atoms with van der Waals surface area (Å²) in [5.74, 6) is -8.66. The highest BCUT2D eigenvalue weighted by Crippen LogP contribution is 2.42. The fraction of sp³-hybridized carbons (Fsp3) is 0.300. The second kappa shape index (κ2) is 5.13. The molecule has 0 bridgehead atoms. The molecule has 0 aromatic heterocycles. The largest absolute Gasteiger partial charge is 0.828 e. The van der Waals surface area contributed by atoms with Gasteiger partial charge in [0.1, 0.15) is 0 Å². The molecule has 0 aliphatic heterocycles. The summed E-state index contributed by atoms with van der Waals surface area (Å²) < 4.78 is 103. The highest BCUT2D eigenvalue weighted by Gasteiger charge is 2.68. The number of halogens is 8. The molecule has 0 N–H and O–H groups in total. The Morgan fingerprint density at radius 3 is 1.90 bits per heavy atom. The van der Waals surface area contributed by atoms with E-state index in [2.05, 4.69) is 4.74 Å². The van der Waals surface area contributed by atoms with E-state index in [4.69, 9.17) is 0 Å². The third kappa shape index (κ3) is 2.91. The van der Waals surface area contributed by atoms with Crippen molar-refractivity contribution in [3.8, 4) is 5.75 Å². The fourth-order valence-corrected chi connectivity index (χ4v) is 1.13. The van der Waals surface area contributed by atoms with Gasteiger partial charge in [0.2, 0.25) is 5.82 Å². The lowest BCUT2D eigenvalue weighted by molar-refractivity contribution is -0.573. The van der Waals surface area contributed by atoms with Crippen LogP contribution in [0.3, 0.4) is 0 Å². The third-order valence-corrected chi connectivity index (χ3v) is 2.20. The molecule has 0 aliphatic carbocycles. The highest BCUT2D eigenvalue weighted by atomic mass is 19.4. The van der Waals surface area contributed by atoms with Gasteiger partial charge in [-0.1, -0.05) is 6.07 Å². The molecule has 11 heteroatoms. The average Bonchev–Trinajstić information content (AvgIpc) is 2.31. The first kappa shape index (κ1) is 17.1. The van der Waals surface area contributed by atoms with Crippen LogP contribution in [0.15, 0.2) is 18.2 Å². The number of esters is 1. The summed E-state index contributed by atoms with van der Waals surface area (Å²) in [5, 5.41) is 10.9. The van der Waals surface area contributed by atoms with E-state index in [1.54, 1.807) is 0 Å². The number of ether oxygens (including phenoxy) is 1. The van der Waals surface area contributed by atoms with Crippen LogP contribution in [0.5, 0.6) is 5.75 Å². The van der Waals surface area contributed by atoms with Crippen LogP contribution in [-0.4, -0.2) is 23.9 Å². The van der Waals surface area contributed by atoms with Crippen LogP contribution < -0.4 is 9.84 Å². The SMILES string of the molecule is O=C(Oc1cccc(F)c1F)C([O-])(C(F)(F)F)C(F)(F)F. The minimum atomic E-state index is -6.59. The van der Waals surface area contributed by atoms with E-state index in [0.29, 0.717) is 18.2 Å². The van der Waals surface area contributed by atoms with Gasteiger partial charge in [0, 0.05) is 0 Å². The molecule has 1 aromatic carbocycles. The Kier molecular flexibility index (Phi) is 4.19. The lowest BCUT2D eigenvalue weighted by Gasteiger charge is -2.39. The minimum absolute atomic E-state index is 0.378. The Labute approximate surface area is 110 Å². The summed E-state index contributed by atoms with van der Waals surface area (Å²) >= 11 is 0. The normalized spacial score (nSPS) is 13.2. The number of alkyl halides is 6. The molecular formula is C10H3F8O3-. The van der Waals surface area contributed by atoms with Gasteiger partial charge in [-0.15, -0.1) is 0 Å². The molecule has 0 aliphatic rings. The van der Waals surface area contributed by atoms with Gasteiger partial charge in [-0.05, 0) is 12.1 Å². The van der Waals surface area contributed by atoms with Gasteiger partial charge in [-0.2, -0.15) is 30.7 Å². The minimum Gasteiger partial charge on any atom is -0.828 e. The molecule has 0 amide bonds. The number of carbonyl (C=O) groups is 1. The first-order valence-corrected chi connectivity index (χ1v) is 4.82. The predicted octanol–water partition coefficient (Wildman–Crippen LogP) is 2.09. The van der Waals surface area contributed by atoms with Crippen molar-refractivity contribution in [3.05, 3.63) is 29.8 Å². The van der Waals surface area contributed by atoms with E-state index in [9.17, 15) is 45.0 Å². The smallest absolute Gasteiger partial charge is 0.399 e. The summed E-state index contributed by atoms with van der Waals surface area (Å²) in [6.07, 6.45) is -13.2. The van der Waals surface area contributed by atoms with Crippen molar-refractivity contribution in [1.82, 2.24) is 0 Å². The molecule has 3 nitrogen and oxygen atoms in total. The lowest BCUT2D eigenvalue weighted by atomic mass is 10.0. The third-order valence-electron chi connectivity index (χ3n) is 2.20. The van der Waals surface area contributed by atoms with E-state index < -0.39 is 41.3 Å². The van der Waals surface area contributed by atoms with Crippen molar-refractivity contribution >= 4 is 5.97 Å². The molecule has 0 unspecified atom stereocenters. The van der Waals surface area contributed by atoms with Crippen molar-refractivity contribution in [2.45, 2.75) is 18.0 Å². The van der Waals surface area contributed by atoms with Crippen LogP contribution in [0, 0.1) is 11.6 Å². The Bertz CT molecular complexity index is 534. The molecule has 0 heterocycles. The van der Waals surface area contributed by atoms with Crippen LogP contribution in [0.25, 0.3) is 0 Å². The zero-order valence-corrected chi connectivity index (χ0v) is 9.48. The van der Waals surface area contributed by atoms with Crippen molar-refractivity contribution in [2.75, 3.05) is 0 Å². The van der Waals surface area contributed by atoms with E-state index in [0.717, 1.165) is 0 Å². The summed E-state index contributed by atoms with van der Waals surface area (Å²) in [7, 11) is 0. The zero-order chi connectivity index (χ0) is 16.6. The van der Waals surface area contributed by atoms with Gasteiger partial charge in [0.05, 0.1) is 0 Å². The molecule has 0 fully saturated rings. The van der Waals surface area contributed by atoms with Crippen molar-refractivity contribution < 1.29 is 49.8 Å².